The second-order valence-corrected chi connectivity index (χ2v) is 5.25. The molecule has 90 valence electrons. The van der Waals surface area contributed by atoms with Gasteiger partial charge < -0.3 is 5.32 Å². The van der Waals surface area contributed by atoms with Gasteiger partial charge in [0.15, 0.2) is 0 Å². The third-order valence-electron chi connectivity index (χ3n) is 2.42. The molecule has 4 heteroatoms. The summed E-state index contributed by atoms with van der Waals surface area (Å²) in [6.45, 7) is 5.76. The van der Waals surface area contributed by atoms with Crippen LogP contribution in [0.25, 0.3) is 0 Å². The van der Waals surface area contributed by atoms with E-state index in [-0.39, 0.29) is 11.2 Å². The summed E-state index contributed by atoms with van der Waals surface area (Å²) in [5.41, 5.74) is 3.00. The topological polar surface area (TPSA) is 52.9 Å². The maximum Gasteiger partial charge on any atom is 0.237 e. The van der Waals surface area contributed by atoms with Crippen molar-refractivity contribution in [3.63, 3.8) is 0 Å². The standard InChI is InChI=1S/C13H16N2OS/c1-9-4-5-10(2)12(8-9)15-13(16)11(3)17-7-6-14/h4-5,8,11H,7H2,1-3H3,(H,15,16). The number of rotatable bonds is 4. The molecule has 17 heavy (non-hydrogen) atoms. The van der Waals surface area contributed by atoms with Gasteiger partial charge in [-0.2, -0.15) is 5.26 Å². The summed E-state index contributed by atoms with van der Waals surface area (Å²) in [7, 11) is 0. The van der Waals surface area contributed by atoms with Crippen molar-refractivity contribution in [2.45, 2.75) is 26.0 Å². The van der Waals surface area contributed by atoms with Crippen LogP contribution in [0.15, 0.2) is 18.2 Å². The van der Waals surface area contributed by atoms with E-state index in [1.807, 2.05) is 45.0 Å². The monoisotopic (exact) mass is 248 g/mol. The van der Waals surface area contributed by atoms with Crippen LogP contribution in [-0.2, 0) is 4.79 Å². The number of benzene rings is 1. The third kappa shape index (κ3) is 4.12. The van der Waals surface area contributed by atoms with Crippen molar-refractivity contribution < 1.29 is 4.79 Å². The molecule has 1 aromatic rings. The summed E-state index contributed by atoms with van der Waals surface area (Å²) in [6, 6.07) is 7.97. The normalized spacial score (nSPS) is 11.6. The van der Waals surface area contributed by atoms with Crippen LogP contribution in [0.1, 0.15) is 18.1 Å². The lowest BCUT2D eigenvalue weighted by Crippen LogP contribution is -2.23. The number of anilines is 1. The Morgan fingerprint density at radius 1 is 1.53 bits per heavy atom. The molecule has 0 saturated carbocycles. The summed E-state index contributed by atoms with van der Waals surface area (Å²) in [4.78, 5) is 11.8. The Morgan fingerprint density at radius 2 is 2.24 bits per heavy atom. The number of nitrogens with one attached hydrogen (secondary N) is 1. The lowest BCUT2D eigenvalue weighted by Gasteiger charge is -2.12. The molecule has 0 spiro atoms. The van der Waals surface area contributed by atoms with Gasteiger partial charge in [0, 0.05) is 5.69 Å². The van der Waals surface area contributed by atoms with Crippen molar-refractivity contribution in [1.82, 2.24) is 0 Å². The molecule has 1 N–H and O–H groups in total. The van der Waals surface area contributed by atoms with Crippen LogP contribution < -0.4 is 5.32 Å². The minimum Gasteiger partial charge on any atom is -0.325 e. The van der Waals surface area contributed by atoms with Crippen LogP contribution in [0.5, 0.6) is 0 Å². The highest BCUT2D eigenvalue weighted by Crippen LogP contribution is 2.18. The minimum atomic E-state index is -0.213. The van der Waals surface area contributed by atoms with Crippen molar-refractivity contribution in [2.24, 2.45) is 0 Å². The fourth-order valence-corrected chi connectivity index (χ4v) is 1.88. The highest BCUT2D eigenvalue weighted by atomic mass is 32.2. The van der Waals surface area contributed by atoms with Gasteiger partial charge in [0.2, 0.25) is 5.91 Å². The Bertz CT molecular complexity index is 451. The van der Waals surface area contributed by atoms with E-state index in [1.54, 1.807) is 0 Å². The zero-order chi connectivity index (χ0) is 12.8. The number of hydrogen-bond acceptors (Lipinski definition) is 3. The molecule has 0 radical (unpaired) electrons. The Morgan fingerprint density at radius 3 is 2.88 bits per heavy atom. The zero-order valence-electron chi connectivity index (χ0n) is 10.3. The molecule has 1 unspecified atom stereocenters. The van der Waals surface area contributed by atoms with Crippen LogP contribution in [0.4, 0.5) is 5.69 Å². The zero-order valence-corrected chi connectivity index (χ0v) is 11.1. The Kier molecular flexibility index (Phi) is 5.05. The second kappa shape index (κ2) is 6.31. The van der Waals surface area contributed by atoms with E-state index in [9.17, 15) is 4.79 Å². The van der Waals surface area contributed by atoms with Gasteiger partial charge in [-0.15, -0.1) is 11.8 Å². The summed E-state index contributed by atoms with van der Waals surface area (Å²) >= 11 is 1.34. The smallest absolute Gasteiger partial charge is 0.237 e. The Balaban J connectivity index is 2.68. The summed E-state index contributed by atoms with van der Waals surface area (Å²) in [5.74, 6) is 0.278. The Labute approximate surface area is 106 Å². The molecule has 0 aliphatic rings. The van der Waals surface area contributed by atoms with E-state index in [0.29, 0.717) is 5.75 Å². The summed E-state index contributed by atoms with van der Waals surface area (Å²) in [5, 5.41) is 11.1. The van der Waals surface area contributed by atoms with Crippen molar-refractivity contribution in [2.75, 3.05) is 11.1 Å². The van der Waals surface area contributed by atoms with E-state index in [0.717, 1.165) is 16.8 Å². The molecule has 0 aliphatic heterocycles. The lowest BCUT2D eigenvalue weighted by molar-refractivity contribution is -0.115. The molecular formula is C13H16N2OS. The molecule has 0 fully saturated rings. The van der Waals surface area contributed by atoms with Crippen LogP contribution in [0.3, 0.4) is 0 Å². The molecule has 3 nitrogen and oxygen atoms in total. The van der Waals surface area contributed by atoms with Gasteiger partial charge in [0.25, 0.3) is 0 Å². The van der Waals surface area contributed by atoms with Crippen molar-refractivity contribution in [3.8, 4) is 6.07 Å². The fourth-order valence-electron chi connectivity index (χ4n) is 1.34. The lowest BCUT2D eigenvalue weighted by atomic mass is 10.1. The first kappa shape index (κ1) is 13.6. The van der Waals surface area contributed by atoms with Gasteiger partial charge in [-0.25, -0.2) is 0 Å². The predicted molar refractivity (Wildman–Crippen MR) is 72.1 cm³/mol. The molecule has 1 rings (SSSR count). The fraction of sp³-hybridized carbons (Fsp3) is 0.385. The van der Waals surface area contributed by atoms with Gasteiger partial charge >= 0.3 is 0 Å². The Hall–Kier alpha value is -1.47. The molecule has 0 heterocycles. The van der Waals surface area contributed by atoms with Crippen LogP contribution >= 0.6 is 11.8 Å². The highest BCUT2D eigenvalue weighted by Gasteiger charge is 2.13. The average molecular weight is 248 g/mol. The van der Waals surface area contributed by atoms with Gasteiger partial charge in [-0.3, -0.25) is 4.79 Å². The molecule has 1 amide bonds. The van der Waals surface area contributed by atoms with Crippen molar-refractivity contribution >= 4 is 23.4 Å². The van der Waals surface area contributed by atoms with Gasteiger partial charge in [0.1, 0.15) is 0 Å². The van der Waals surface area contributed by atoms with Gasteiger partial charge in [0.05, 0.1) is 17.1 Å². The van der Waals surface area contributed by atoms with E-state index in [4.69, 9.17) is 5.26 Å². The number of hydrogen-bond donors (Lipinski definition) is 1. The molecular weight excluding hydrogens is 232 g/mol. The predicted octanol–water partition coefficient (Wildman–Crippen LogP) is 2.89. The minimum absolute atomic E-state index is 0.0565. The van der Waals surface area contributed by atoms with Crippen molar-refractivity contribution in [1.29, 1.82) is 5.26 Å². The van der Waals surface area contributed by atoms with E-state index in [1.165, 1.54) is 11.8 Å². The number of carbonyl (C=O) groups excluding carboxylic acids is 1. The van der Waals surface area contributed by atoms with Crippen LogP contribution in [0.2, 0.25) is 0 Å². The number of carbonyl (C=O) groups is 1. The average Bonchev–Trinajstić information content (AvgIpc) is 2.30. The van der Waals surface area contributed by atoms with E-state index in [2.05, 4.69) is 5.32 Å². The second-order valence-electron chi connectivity index (χ2n) is 3.92. The van der Waals surface area contributed by atoms with Crippen LogP contribution in [-0.4, -0.2) is 16.9 Å². The highest BCUT2D eigenvalue weighted by molar-refractivity contribution is 8.00. The van der Waals surface area contributed by atoms with Gasteiger partial charge in [-0.1, -0.05) is 12.1 Å². The van der Waals surface area contributed by atoms with Crippen LogP contribution in [0, 0.1) is 25.2 Å². The largest absolute Gasteiger partial charge is 0.325 e. The maximum absolute atomic E-state index is 11.8. The first-order chi connectivity index (χ1) is 8.04. The number of nitriles is 1. The molecule has 1 atom stereocenters. The number of aryl methyl sites for hydroxylation is 2. The van der Waals surface area contributed by atoms with Gasteiger partial charge in [-0.05, 0) is 38.0 Å². The molecule has 0 saturated heterocycles. The first-order valence-corrected chi connectivity index (χ1v) is 6.46. The van der Waals surface area contributed by atoms with Crippen molar-refractivity contribution in [3.05, 3.63) is 29.3 Å². The van der Waals surface area contributed by atoms with E-state index < -0.39 is 0 Å². The quantitative estimate of drug-likeness (QED) is 0.891. The SMILES string of the molecule is Cc1ccc(C)c(NC(=O)C(C)SCC#N)c1. The first-order valence-electron chi connectivity index (χ1n) is 5.41. The number of amides is 1. The maximum atomic E-state index is 11.8. The van der Waals surface area contributed by atoms with E-state index >= 15 is 0 Å². The third-order valence-corrected chi connectivity index (χ3v) is 3.43. The molecule has 1 aromatic carbocycles. The molecule has 0 aromatic heterocycles. The number of thioether (sulfide) groups is 1. The number of nitrogens with zero attached hydrogens (tertiary/aromatic N) is 1. The molecule has 0 bridgehead atoms. The summed E-state index contributed by atoms with van der Waals surface area (Å²) in [6.07, 6.45) is 0. The summed E-state index contributed by atoms with van der Waals surface area (Å²) < 4.78 is 0. The molecule has 0 aliphatic carbocycles.